The Morgan fingerprint density at radius 1 is 1.11 bits per heavy atom. The lowest BCUT2D eigenvalue weighted by Gasteiger charge is -2.22. The van der Waals surface area contributed by atoms with Gasteiger partial charge in [0.05, 0.1) is 6.61 Å². The maximum absolute atomic E-state index is 5.75. The predicted octanol–water partition coefficient (Wildman–Crippen LogP) is 4.53. The van der Waals surface area contributed by atoms with E-state index in [2.05, 4.69) is 25.8 Å². The maximum atomic E-state index is 5.75. The van der Waals surface area contributed by atoms with Gasteiger partial charge in [-0.2, -0.15) is 5.06 Å². The van der Waals surface area contributed by atoms with Crippen molar-refractivity contribution in [3.8, 4) is 0 Å². The highest BCUT2D eigenvalue weighted by Gasteiger charge is 2.23. The van der Waals surface area contributed by atoms with Crippen LogP contribution in [-0.2, 0) is 4.84 Å². The Kier molecular flexibility index (Phi) is 8.52. The van der Waals surface area contributed by atoms with Crippen molar-refractivity contribution in [2.45, 2.75) is 52.5 Å². The Bertz CT molecular complexity index is 273. The lowest BCUT2D eigenvalue weighted by atomic mass is 10.1. The van der Waals surface area contributed by atoms with Crippen LogP contribution < -0.4 is 0 Å². The summed E-state index contributed by atoms with van der Waals surface area (Å²) in [5.41, 5.74) is 0. The van der Waals surface area contributed by atoms with E-state index in [9.17, 15) is 0 Å². The van der Waals surface area contributed by atoms with Gasteiger partial charge in [0.2, 0.25) is 0 Å². The summed E-state index contributed by atoms with van der Waals surface area (Å²) < 4.78 is 0. The summed E-state index contributed by atoms with van der Waals surface area (Å²) in [6.07, 6.45) is 5.02. The van der Waals surface area contributed by atoms with Crippen molar-refractivity contribution in [1.29, 1.82) is 0 Å². The Hall–Kier alpha value is -0.860. The van der Waals surface area contributed by atoms with E-state index >= 15 is 0 Å². The molecule has 1 aromatic carbocycles. The third kappa shape index (κ3) is 7.34. The summed E-state index contributed by atoms with van der Waals surface area (Å²) in [7, 11) is 0. The molecular formula is C17H29NO. The lowest BCUT2D eigenvalue weighted by molar-refractivity contribution is -0.171. The molecule has 0 amide bonds. The summed E-state index contributed by atoms with van der Waals surface area (Å²) >= 11 is 0. The van der Waals surface area contributed by atoms with Gasteiger partial charge in [-0.25, -0.2) is 0 Å². The van der Waals surface area contributed by atoms with Gasteiger partial charge >= 0.3 is 0 Å². The summed E-state index contributed by atoms with van der Waals surface area (Å²) in [6, 6.07) is 12.7. The van der Waals surface area contributed by atoms with E-state index < -0.39 is 0 Å². The standard InChI is InChI=1S/C11H23NO.C6H6/c1-4-11-6-5-8-12(11)13-9-7-10(2)3;1-2-4-6-5-3-1/h10-11H,4-9H2,1-3H3;1-6H. The molecule has 0 aliphatic carbocycles. The molecule has 19 heavy (non-hydrogen) atoms. The van der Waals surface area contributed by atoms with Gasteiger partial charge in [-0.1, -0.05) is 57.2 Å². The van der Waals surface area contributed by atoms with Crippen LogP contribution in [0.25, 0.3) is 0 Å². The monoisotopic (exact) mass is 263 g/mol. The molecule has 1 saturated heterocycles. The number of rotatable bonds is 5. The van der Waals surface area contributed by atoms with Crippen molar-refractivity contribution < 1.29 is 4.84 Å². The first kappa shape index (κ1) is 16.2. The maximum Gasteiger partial charge on any atom is 0.0687 e. The van der Waals surface area contributed by atoms with Crippen LogP contribution in [0.4, 0.5) is 0 Å². The molecule has 0 saturated carbocycles. The largest absolute Gasteiger partial charge is 0.299 e. The van der Waals surface area contributed by atoms with Crippen LogP contribution in [0.2, 0.25) is 0 Å². The highest BCUT2D eigenvalue weighted by molar-refractivity contribution is 4.99. The smallest absolute Gasteiger partial charge is 0.0687 e. The van der Waals surface area contributed by atoms with E-state index in [0.717, 1.165) is 19.1 Å². The van der Waals surface area contributed by atoms with Gasteiger partial charge in [-0.05, 0) is 31.6 Å². The zero-order valence-electron chi connectivity index (χ0n) is 12.7. The highest BCUT2D eigenvalue weighted by atomic mass is 16.7. The third-order valence-corrected chi connectivity index (χ3v) is 3.41. The molecule has 0 bridgehead atoms. The second kappa shape index (κ2) is 9.99. The Labute approximate surface area is 118 Å². The molecule has 1 aromatic rings. The Balaban J connectivity index is 0.000000250. The molecule has 1 atom stereocenters. The van der Waals surface area contributed by atoms with Gasteiger partial charge in [0.1, 0.15) is 0 Å². The summed E-state index contributed by atoms with van der Waals surface area (Å²) in [6.45, 7) is 8.76. The van der Waals surface area contributed by atoms with Gasteiger partial charge in [0.15, 0.2) is 0 Å². The van der Waals surface area contributed by atoms with E-state index in [4.69, 9.17) is 4.84 Å². The fourth-order valence-corrected chi connectivity index (χ4v) is 2.18. The van der Waals surface area contributed by atoms with Gasteiger partial charge in [-0.15, -0.1) is 0 Å². The molecule has 1 aliphatic heterocycles. The van der Waals surface area contributed by atoms with Crippen LogP contribution in [0.5, 0.6) is 0 Å². The number of nitrogens with zero attached hydrogens (tertiary/aromatic N) is 1. The molecule has 1 fully saturated rings. The second-order valence-corrected chi connectivity index (χ2v) is 5.52. The number of hydrogen-bond acceptors (Lipinski definition) is 2. The quantitative estimate of drug-likeness (QED) is 0.774. The fourth-order valence-electron chi connectivity index (χ4n) is 2.18. The molecule has 0 radical (unpaired) electrons. The average Bonchev–Trinajstić information content (AvgIpc) is 2.88. The first-order chi connectivity index (χ1) is 9.24. The van der Waals surface area contributed by atoms with E-state index in [1.54, 1.807) is 0 Å². The second-order valence-electron chi connectivity index (χ2n) is 5.52. The van der Waals surface area contributed by atoms with Crippen LogP contribution in [0.15, 0.2) is 36.4 Å². The molecule has 1 unspecified atom stereocenters. The van der Waals surface area contributed by atoms with Crippen LogP contribution in [-0.4, -0.2) is 24.3 Å². The molecule has 2 nitrogen and oxygen atoms in total. The minimum absolute atomic E-state index is 0.687. The molecule has 1 aliphatic rings. The molecule has 0 aromatic heterocycles. The molecule has 0 spiro atoms. The normalized spacial score (nSPS) is 19.3. The van der Waals surface area contributed by atoms with Gasteiger partial charge in [0.25, 0.3) is 0 Å². The molecule has 0 N–H and O–H groups in total. The zero-order valence-corrected chi connectivity index (χ0v) is 12.7. The third-order valence-electron chi connectivity index (χ3n) is 3.41. The topological polar surface area (TPSA) is 12.5 Å². The molecule has 1 heterocycles. The minimum atomic E-state index is 0.687. The first-order valence-corrected chi connectivity index (χ1v) is 7.63. The number of benzene rings is 1. The predicted molar refractivity (Wildman–Crippen MR) is 81.9 cm³/mol. The molecule has 2 heteroatoms. The average molecular weight is 263 g/mol. The van der Waals surface area contributed by atoms with Crippen LogP contribution in [0.3, 0.4) is 0 Å². The van der Waals surface area contributed by atoms with E-state index in [1.165, 1.54) is 25.7 Å². The van der Waals surface area contributed by atoms with Gasteiger partial charge in [-0.3, -0.25) is 4.84 Å². The highest BCUT2D eigenvalue weighted by Crippen LogP contribution is 2.20. The van der Waals surface area contributed by atoms with E-state index in [-0.39, 0.29) is 0 Å². The fraction of sp³-hybridized carbons (Fsp3) is 0.647. The van der Waals surface area contributed by atoms with Crippen molar-refractivity contribution in [2.75, 3.05) is 13.2 Å². The lowest BCUT2D eigenvalue weighted by Crippen LogP contribution is -2.29. The summed E-state index contributed by atoms with van der Waals surface area (Å²) in [5.74, 6) is 0.752. The number of hydrogen-bond donors (Lipinski definition) is 0. The van der Waals surface area contributed by atoms with Gasteiger partial charge < -0.3 is 0 Å². The van der Waals surface area contributed by atoms with Crippen molar-refractivity contribution in [1.82, 2.24) is 5.06 Å². The van der Waals surface area contributed by atoms with Crippen molar-refractivity contribution in [3.05, 3.63) is 36.4 Å². The van der Waals surface area contributed by atoms with Gasteiger partial charge in [0, 0.05) is 12.6 Å². The minimum Gasteiger partial charge on any atom is -0.299 e. The SMILES string of the molecule is CCC1CCCN1OCCC(C)C.c1ccccc1. The van der Waals surface area contributed by atoms with Crippen LogP contribution >= 0.6 is 0 Å². The molecular weight excluding hydrogens is 234 g/mol. The van der Waals surface area contributed by atoms with Crippen LogP contribution in [0, 0.1) is 5.92 Å². The van der Waals surface area contributed by atoms with Crippen LogP contribution in [0.1, 0.15) is 46.5 Å². The van der Waals surface area contributed by atoms with Crippen molar-refractivity contribution >= 4 is 0 Å². The Morgan fingerprint density at radius 3 is 2.16 bits per heavy atom. The summed E-state index contributed by atoms with van der Waals surface area (Å²) in [5, 5.41) is 2.20. The summed E-state index contributed by atoms with van der Waals surface area (Å²) in [4.78, 5) is 5.75. The molecule has 2 rings (SSSR count). The van der Waals surface area contributed by atoms with E-state index in [0.29, 0.717) is 6.04 Å². The van der Waals surface area contributed by atoms with E-state index in [1.807, 2.05) is 36.4 Å². The first-order valence-electron chi connectivity index (χ1n) is 7.63. The number of hydroxylamine groups is 2. The van der Waals surface area contributed by atoms with Crippen molar-refractivity contribution in [3.63, 3.8) is 0 Å². The van der Waals surface area contributed by atoms with Crippen molar-refractivity contribution in [2.24, 2.45) is 5.92 Å². The molecule has 108 valence electrons. The zero-order chi connectivity index (χ0) is 13.9. The Morgan fingerprint density at radius 2 is 1.68 bits per heavy atom.